The maximum absolute atomic E-state index is 12.9. The summed E-state index contributed by atoms with van der Waals surface area (Å²) in [6, 6.07) is -0.0838. The van der Waals surface area contributed by atoms with Crippen LogP contribution in [0.15, 0.2) is 11.0 Å². The minimum absolute atomic E-state index is 0.0838. The maximum atomic E-state index is 12.9. The quantitative estimate of drug-likeness (QED) is 0.262. The average molecular weight is 511 g/mol. The number of epoxide rings is 1. The number of aromatic nitrogens is 1. The molecule has 0 aliphatic carbocycles. The number of aliphatic hydroxyl groups is 2. The molecule has 0 bridgehead atoms. The Morgan fingerprint density at radius 1 is 1.29 bits per heavy atom. The predicted octanol–water partition coefficient (Wildman–Crippen LogP) is 3.57. The Kier molecular flexibility index (Phi) is 10.6. The van der Waals surface area contributed by atoms with Crippen molar-refractivity contribution in [2.75, 3.05) is 0 Å². The summed E-state index contributed by atoms with van der Waals surface area (Å²) in [5.41, 5.74) is 7.11. The van der Waals surface area contributed by atoms with E-state index in [9.17, 15) is 19.8 Å². The first kappa shape index (κ1) is 29.6. The van der Waals surface area contributed by atoms with Gasteiger partial charge in [0.05, 0.1) is 47.0 Å². The topological polar surface area (TPSA) is 146 Å². The van der Waals surface area contributed by atoms with Crippen molar-refractivity contribution in [3.8, 4) is 0 Å². The smallest absolute Gasteiger partial charge is 0.306 e. The SMILES string of the molecule is C/C(=C\c1csc(C)n1)[C@@H](N)C[C@@H]1O[C@@H]1CCC[C@H](C)[C@H](O)[C@@H](C)C(=O)C(C)(C)[C@@H](O)CC(=O)O. The van der Waals surface area contributed by atoms with E-state index in [1.807, 2.05) is 32.2 Å². The van der Waals surface area contributed by atoms with E-state index in [-0.39, 0.29) is 30.0 Å². The fourth-order valence-electron chi connectivity index (χ4n) is 4.49. The molecule has 1 aromatic rings. The van der Waals surface area contributed by atoms with Gasteiger partial charge >= 0.3 is 5.97 Å². The van der Waals surface area contributed by atoms with E-state index in [1.54, 1.807) is 18.3 Å². The lowest BCUT2D eigenvalue weighted by Crippen LogP contribution is -2.45. The fourth-order valence-corrected chi connectivity index (χ4v) is 5.06. The van der Waals surface area contributed by atoms with Crippen LogP contribution in [-0.2, 0) is 14.3 Å². The molecule has 1 aromatic heterocycles. The second-order valence-corrected chi connectivity index (χ2v) is 11.7. The molecule has 0 amide bonds. The van der Waals surface area contributed by atoms with Gasteiger partial charge in [-0.3, -0.25) is 9.59 Å². The van der Waals surface area contributed by atoms with Gasteiger partial charge in [-0.05, 0) is 45.1 Å². The summed E-state index contributed by atoms with van der Waals surface area (Å²) in [6.45, 7) is 10.6. The van der Waals surface area contributed by atoms with Crippen molar-refractivity contribution in [1.29, 1.82) is 0 Å². The fraction of sp³-hybridized carbons (Fsp3) is 0.731. The van der Waals surface area contributed by atoms with Gasteiger partial charge in [0.1, 0.15) is 5.78 Å². The van der Waals surface area contributed by atoms with Gasteiger partial charge in [0.15, 0.2) is 0 Å². The predicted molar refractivity (Wildman–Crippen MR) is 137 cm³/mol. The Bertz CT molecular complexity index is 898. The number of ether oxygens (including phenoxy) is 1. The first-order valence-electron chi connectivity index (χ1n) is 12.4. The number of carboxylic acids is 1. The largest absolute Gasteiger partial charge is 0.481 e. The summed E-state index contributed by atoms with van der Waals surface area (Å²) in [5, 5.41) is 32.9. The van der Waals surface area contributed by atoms with Crippen molar-refractivity contribution in [2.45, 2.75) is 104 Å². The Morgan fingerprint density at radius 3 is 2.51 bits per heavy atom. The summed E-state index contributed by atoms with van der Waals surface area (Å²) in [4.78, 5) is 28.3. The van der Waals surface area contributed by atoms with Gasteiger partial charge in [0.2, 0.25) is 0 Å². The van der Waals surface area contributed by atoms with Crippen molar-refractivity contribution < 1.29 is 29.6 Å². The zero-order valence-electron chi connectivity index (χ0n) is 21.7. The number of aryl methyl sites for hydroxylation is 1. The molecule has 1 aliphatic rings. The summed E-state index contributed by atoms with van der Waals surface area (Å²) < 4.78 is 5.81. The van der Waals surface area contributed by atoms with E-state index in [0.29, 0.717) is 0 Å². The Hall–Kier alpha value is -1.65. The number of nitrogens with two attached hydrogens (primary N) is 1. The van der Waals surface area contributed by atoms with Crippen LogP contribution in [0.2, 0.25) is 0 Å². The van der Waals surface area contributed by atoms with Crippen LogP contribution in [0.25, 0.3) is 6.08 Å². The Balaban J connectivity index is 1.74. The number of hydrogen-bond donors (Lipinski definition) is 4. The summed E-state index contributed by atoms with van der Waals surface area (Å²) in [5.74, 6) is -2.32. The highest BCUT2D eigenvalue weighted by molar-refractivity contribution is 7.09. The lowest BCUT2D eigenvalue weighted by Gasteiger charge is -2.34. The van der Waals surface area contributed by atoms with Gasteiger partial charge in [-0.1, -0.05) is 39.7 Å². The van der Waals surface area contributed by atoms with Gasteiger partial charge in [-0.2, -0.15) is 0 Å². The number of aliphatic hydroxyl groups excluding tert-OH is 2. The van der Waals surface area contributed by atoms with Crippen molar-refractivity contribution in [1.82, 2.24) is 4.98 Å². The Labute approximate surface area is 212 Å². The first-order valence-corrected chi connectivity index (χ1v) is 13.3. The highest BCUT2D eigenvalue weighted by Gasteiger charge is 2.42. The van der Waals surface area contributed by atoms with Crippen molar-refractivity contribution >= 4 is 29.2 Å². The second kappa shape index (κ2) is 12.5. The number of carboxylic acid groups (broad SMARTS) is 1. The molecule has 0 aromatic carbocycles. The van der Waals surface area contributed by atoms with Gasteiger partial charge < -0.3 is 25.8 Å². The van der Waals surface area contributed by atoms with Crippen LogP contribution in [0.1, 0.15) is 77.4 Å². The summed E-state index contributed by atoms with van der Waals surface area (Å²) in [7, 11) is 0. The molecule has 8 nitrogen and oxygen atoms in total. The molecule has 0 spiro atoms. The molecule has 5 N–H and O–H groups in total. The van der Waals surface area contributed by atoms with Gasteiger partial charge in [-0.25, -0.2) is 4.98 Å². The van der Waals surface area contributed by atoms with E-state index in [1.165, 1.54) is 13.8 Å². The molecule has 35 heavy (non-hydrogen) atoms. The Morgan fingerprint density at radius 2 is 1.94 bits per heavy atom. The van der Waals surface area contributed by atoms with Crippen LogP contribution in [-0.4, -0.2) is 62.5 Å². The first-order chi connectivity index (χ1) is 16.2. The van der Waals surface area contributed by atoms with Crippen molar-refractivity contribution in [3.63, 3.8) is 0 Å². The molecular formula is C26H42N2O6S. The molecule has 198 valence electrons. The molecule has 7 atom stereocenters. The molecule has 0 radical (unpaired) electrons. The summed E-state index contributed by atoms with van der Waals surface area (Å²) >= 11 is 1.62. The van der Waals surface area contributed by atoms with E-state index >= 15 is 0 Å². The van der Waals surface area contributed by atoms with E-state index in [2.05, 4.69) is 4.98 Å². The molecular weight excluding hydrogens is 468 g/mol. The van der Waals surface area contributed by atoms with Crippen LogP contribution >= 0.6 is 11.3 Å². The molecule has 1 aliphatic heterocycles. The highest BCUT2D eigenvalue weighted by atomic mass is 32.1. The van der Waals surface area contributed by atoms with Crippen LogP contribution in [0.3, 0.4) is 0 Å². The molecule has 2 rings (SSSR count). The number of nitrogens with zero attached hydrogens (tertiary/aromatic N) is 1. The monoisotopic (exact) mass is 510 g/mol. The van der Waals surface area contributed by atoms with Gasteiger partial charge in [-0.15, -0.1) is 11.3 Å². The van der Waals surface area contributed by atoms with Gasteiger partial charge in [0.25, 0.3) is 0 Å². The summed E-state index contributed by atoms with van der Waals surface area (Å²) in [6.07, 6.45) is 2.86. The number of carbonyl (C=O) groups excluding carboxylic acids is 1. The zero-order valence-corrected chi connectivity index (χ0v) is 22.5. The lowest BCUT2D eigenvalue weighted by molar-refractivity contribution is -0.147. The van der Waals surface area contributed by atoms with Crippen molar-refractivity contribution in [2.24, 2.45) is 23.0 Å². The molecule has 9 heteroatoms. The number of ketones is 1. The number of aliphatic carboxylic acids is 1. The second-order valence-electron chi connectivity index (χ2n) is 10.6. The van der Waals surface area contributed by atoms with Crippen LogP contribution in [0.4, 0.5) is 0 Å². The van der Waals surface area contributed by atoms with E-state index in [0.717, 1.165) is 42.0 Å². The molecule has 0 saturated carbocycles. The number of carbonyl (C=O) groups is 2. The average Bonchev–Trinajstić information content (AvgIpc) is 3.38. The van der Waals surface area contributed by atoms with E-state index in [4.69, 9.17) is 15.6 Å². The van der Waals surface area contributed by atoms with Gasteiger partial charge in [0, 0.05) is 17.3 Å². The van der Waals surface area contributed by atoms with Crippen molar-refractivity contribution in [3.05, 3.63) is 21.7 Å². The van der Waals surface area contributed by atoms with E-state index < -0.39 is 35.9 Å². The molecule has 1 fully saturated rings. The number of thiazole rings is 1. The third kappa shape index (κ3) is 8.46. The standard InChI is InChI=1S/C26H42N2O6S/c1-14(24(32)16(3)25(33)26(5,6)22(29)12-23(30)31)8-7-9-20-21(34-20)11-19(27)15(2)10-18-13-35-17(4)28-18/h10,13-14,16,19-22,24,29,32H,7-9,11-12,27H2,1-6H3,(H,30,31)/b15-10+/t14-,16+,19-,20+,21-,22-,24-/m0/s1. The number of rotatable bonds is 15. The number of hydrogen-bond acceptors (Lipinski definition) is 8. The highest BCUT2D eigenvalue weighted by Crippen LogP contribution is 2.34. The molecule has 0 unspecified atom stereocenters. The maximum Gasteiger partial charge on any atom is 0.306 e. The number of Topliss-reactive ketones (excluding diaryl/α,β-unsaturated/α-hetero) is 1. The lowest BCUT2D eigenvalue weighted by atomic mass is 9.73. The normalized spacial score (nSPS) is 22.8. The molecule has 2 heterocycles. The third-order valence-corrected chi connectivity index (χ3v) is 8.06. The third-order valence-electron chi connectivity index (χ3n) is 7.26. The minimum Gasteiger partial charge on any atom is -0.481 e. The van der Waals surface area contributed by atoms with Crippen LogP contribution in [0, 0.1) is 24.2 Å². The zero-order chi connectivity index (χ0) is 26.5. The van der Waals surface area contributed by atoms with Crippen LogP contribution < -0.4 is 5.73 Å². The minimum atomic E-state index is -1.31. The molecule has 1 saturated heterocycles. The van der Waals surface area contributed by atoms with Crippen LogP contribution in [0.5, 0.6) is 0 Å².